The molecule has 0 bridgehead atoms. The topological polar surface area (TPSA) is 261 Å². The quantitative estimate of drug-likeness (QED) is 0.165. The highest BCUT2D eigenvalue weighted by Crippen LogP contribution is 2.36. The number of esters is 7. The number of rotatable bonds is 13. The summed E-state index contributed by atoms with van der Waals surface area (Å²) < 4.78 is 56.3. The van der Waals surface area contributed by atoms with Crippen molar-refractivity contribution in [2.75, 3.05) is 13.2 Å². The molecule has 2 heterocycles. The van der Waals surface area contributed by atoms with Crippen molar-refractivity contribution in [2.45, 2.75) is 110 Å². The molecular weight excluding hydrogens is 750 g/mol. The summed E-state index contributed by atoms with van der Waals surface area (Å²) in [5.74, 6) is -7.19. The molecular formula is C36H41NO19. The molecule has 304 valence electrons. The molecule has 56 heavy (non-hydrogen) atoms. The number of hydrogen-bond donors (Lipinski definition) is 1. The molecule has 1 aromatic rings. The van der Waals surface area contributed by atoms with Gasteiger partial charge in [-0.15, -0.1) is 0 Å². The Morgan fingerprint density at radius 1 is 0.607 bits per heavy atom. The highest BCUT2D eigenvalue weighted by Gasteiger charge is 2.57. The van der Waals surface area contributed by atoms with E-state index in [4.69, 9.17) is 47.4 Å². The van der Waals surface area contributed by atoms with E-state index < -0.39 is 128 Å². The van der Waals surface area contributed by atoms with Crippen LogP contribution >= 0.6 is 0 Å². The van der Waals surface area contributed by atoms with Crippen LogP contribution in [0.1, 0.15) is 64.4 Å². The average molecular weight is 792 g/mol. The Morgan fingerprint density at radius 3 is 1.55 bits per heavy atom. The summed E-state index contributed by atoms with van der Waals surface area (Å²) in [6.07, 6.45) is -15.5. The van der Waals surface area contributed by atoms with Crippen LogP contribution in [0.25, 0.3) is 5.76 Å². The lowest BCUT2D eigenvalue weighted by molar-refractivity contribution is -0.344. The monoisotopic (exact) mass is 791 g/mol. The minimum Gasteiger partial charge on any atom is -0.506 e. The molecule has 3 aliphatic rings. The first-order valence-corrected chi connectivity index (χ1v) is 17.1. The van der Waals surface area contributed by atoms with Crippen LogP contribution < -0.4 is 0 Å². The summed E-state index contributed by atoms with van der Waals surface area (Å²) in [5, 5.41) is 10.8. The Hall–Kier alpha value is -5.73. The molecule has 0 spiro atoms. The molecule has 1 aliphatic carbocycles. The first-order valence-electron chi connectivity index (χ1n) is 17.1. The molecule has 1 aromatic carbocycles. The summed E-state index contributed by atoms with van der Waals surface area (Å²) in [6.45, 7) is 6.01. The lowest BCUT2D eigenvalue weighted by Crippen LogP contribution is -2.67. The van der Waals surface area contributed by atoms with E-state index in [2.05, 4.69) is 4.99 Å². The number of hydrogen-bond acceptors (Lipinski definition) is 20. The molecule has 2 saturated heterocycles. The minimum absolute atomic E-state index is 0.191. The first kappa shape index (κ1) is 43.0. The fraction of sp³-hybridized carbons (Fsp3) is 0.528. The summed E-state index contributed by atoms with van der Waals surface area (Å²) in [5.41, 5.74) is 0.188. The van der Waals surface area contributed by atoms with Crippen molar-refractivity contribution in [2.24, 2.45) is 4.99 Å². The van der Waals surface area contributed by atoms with Gasteiger partial charge in [0, 0.05) is 65.8 Å². The minimum atomic E-state index is -1.86. The van der Waals surface area contributed by atoms with E-state index in [0.29, 0.717) is 0 Å². The van der Waals surface area contributed by atoms with E-state index in [0.717, 1.165) is 54.7 Å². The number of ketones is 1. The zero-order chi connectivity index (χ0) is 41.4. The number of aliphatic imine (C=N–C) groups is 1. The largest absolute Gasteiger partial charge is 0.506 e. The summed E-state index contributed by atoms with van der Waals surface area (Å²) in [4.78, 5) is 103. The fourth-order valence-electron chi connectivity index (χ4n) is 6.16. The number of aliphatic hydroxyl groups excluding tert-OH is 1. The van der Waals surface area contributed by atoms with Gasteiger partial charge in [0.25, 0.3) is 0 Å². The van der Waals surface area contributed by atoms with Crippen LogP contribution in [0.3, 0.4) is 0 Å². The Morgan fingerprint density at radius 2 is 1.05 bits per heavy atom. The van der Waals surface area contributed by atoms with Gasteiger partial charge in [-0.1, -0.05) is 24.3 Å². The summed E-state index contributed by atoms with van der Waals surface area (Å²) in [6, 6.07) is 6.22. The zero-order valence-electron chi connectivity index (χ0n) is 31.3. The molecule has 4 rings (SSSR count). The van der Waals surface area contributed by atoms with E-state index >= 15 is 0 Å². The summed E-state index contributed by atoms with van der Waals surface area (Å²) >= 11 is 0. The SMILES string of the molecule is CC(=O)OC[C@H]1O[C@@H](/N=C/C2=C(O)c3ccccc3C2=O)[C@H](OC(C)=O)[C@@H](OC(C)=O)[C@@H]1O[C@@H]1O[C@H](COC(C)=O)[C@@H](OC(C)=O)[C@H](OC(C)=O)[C@H]1OC(C)=O. The van der Waals surface area contributed by atoms with Crippen molar-refractivity contribution in [3.63, 3.8) is 0 Å². The van der Waals surface area contributed by atoms with Crippen LogP contribution in [-0.4, -0.2) is 133 Å². The van der Waals surface area contributed by atoms with Crippen molar-refractivity contribution in [1.82, 2.24) is 0 Å². The standard InChI is InChI=1S/C36H41NO19/c1-15(38)47-13-25-30(56-36-34(53-21(7)44)32(51-19(5)42)29(49-17(3)40)26(55-36)14-48-16(2)39)31(50-18(4)41)33(52-20(6)43)35(54-25)37-12-24-27(45)22-10-8-9-11-23(22)28(24)46/h8-12,25-26,29-36,45H,13-14H2,1-7H3/b37-12+/t25-,26-,29-,30-,31+,32+,33-,34-,35-,36+/m1/s1. The van der Waals surface area contributed by atoms with Gasteiger partial charge in [-0.05, 0) is 0 Å². The molecule has 20 heteroatoms. The smallest absolute Gasteiger partial charge is 0.303 e. The predicted octanol–water partition coefficient (Wildman–Crippen LogP) is 0.843. The van der Waals surface area contributed by atoms with Gasteiger partial charge in [0.05, 0.1) is 5.57 Å². The van der Waals surface area contributed by atoms with Crippen molar-refractivity contribution >= 4 is 59.5 Å². The third-order valence-corrected chi connectivity index (χ3v) is 8.18. The van der Waals surface area contributed by atoms with Crippen LogP contribution in [0.5, 0.6) is 0 Å². The molecule has 20 nitrogen and oxygen atoms in total. The normalized spacial score (nSPS) is 28.4. The maximum atomic E-state index is 13.1. The van der Waals surface area contributed by atoms with Crippen LogP contribution in [0.15, 0.2) is 34.8 Å². The van der Waals surface area contributed by atoms with Gasteiger partial charge >= 0.3 is 41.8 Å². The van der Waals surface area contributed by atoms with Crippen molar-refractivity contribution in [3.05, 3.63) is 41.0 Å². The second-order valence-electron chi connectivity index (χ2n) is 12.6. The molecule has 0 amide bonds. The number of carbonyl (C=O) groups excluding carboxylic acids is 8. The van der Waals surface area contributed by atoms with Crippen molar-refractivity contribution in [1.29, 1.82) is 0 Å². The van der Waals surface area contributed by atoms with Gasteiger partial charge in [0.2, 0.25) is 0 Å². The molecule has 10 atom stereocenters. The van der Waals surface area contributed by atoms with E-state index in [-0.39, 0.29) is 16.7 Å². The van der Waals surface area contributed by atoms with E-state index in [1.165, 1.54) is 12.1 Å². The van der Waals surface area contributed by atoms with Crippen LogP contribution in [0, 0.1) is 0 Å². The Bertz CT molecular complexity index is 1790. The summed E-state index contributed by atoms with van der Waals surface area (Å²) in [7, 11) is 0. The lowest BCUT2D eigenvalue weighted by Gasteiger charge is -2.48. The van der Waals surface area contributed by atoms with Gasteiger partial charge in [0.15, 0.2) is 48.8 Å². The van der Waals surface area contributed by atoms with Gasteiger partial charge in [-0.2, -0.15) is 0 Å². The highest BCUT2D eigenvalue weighted by atomic mass is 16.8. The number of fused-ring (bicyclic) bond motifs is 1. The van der Waals surface area contributed by atoms with Crippen LogP contribution in [-0.2, 0) is 80.9 Å². The number of nitrogens with zero attached hydrogens (tertiary/aromatic N) is 1. The number of ether oxygens (including phenoxy) is 10. The van der Waals surface area contributed by atoms with Gasteiger partial charge < -0.3 is 52.5 Å². The van der Waals surface area contributed by atoms with E-state index in [9.17, 15) is 43.5 Å². The Kier molecular flexibility index (Phi) is 14.4. The second kappa shape index (κ2) is 18.7. The van der Waals surface area contributed by atoms with Crippen molar-refractivity contribution < 1.29 is 90.8 Å². The maximum Gasteiger partial charge on any atom is 0.303 e. The molecule has 0 radical (unpaired) electrons. The number of aliphatic hydroxyl groups is 1. The molecule has 0 saturated carbocycles. The Balaban J connectivity index is 1.83. The highest BCUT2D eigenvalue weighted by molar-refractivity contribution is 6.30. The van der Waals surface area contributed by atoms with E-state index in [1.807, 2.05) is 0 Å². The molecule has 0 unspecified atom stereocenters. The number of benzene rings is 1. The number of carbonyl (C=O) groups is 8. The first-order chi connectivity index (χ1) is 26.4. The third-order valence-electron chi connectivity index (χ3n) is 8.18. The third kappa shape index (κ3) is 10.7. The van der Waals surface area contributed by atoms with Crippen LogP contribution in [0.2, 0.25) is 0 Å². The number of Topliss-reactive ketones (excluding diaryl/α,β-unsaturated/α-hetero) is 1. The Labute approximate surface area is 319 Å². The molecule has 2 fully saturated rings. The van der Waals surface area contributed by atoms with E-state index in [1.54, 1.807) is 12.1 Å². The predicted molar refractivity (Wildman–Crippen MR) is 182 cm³/mol. The zero-order valence-corrected chi connectivity index (χ0v) is 31.3. The molecule has 0 aromatic heterocycles. The lowest BCUT2D eigenvalue weighted by atomic mass is 9.95. The van der Waals surface area contributed by atoms with Crippen LogP contribution in [0.4, 0.5) is 0 Å². The molecule has 2 aliphatic heterocycles. The molecule has 1 N–H and O–H groups in total. The van der Waals surface area contributed by atoms with Gasteiger partial charge in [-0.25, -0.2) is 0 Å². The van der Waals surface area contributed by atoms with Crippen molar-refractivity contribution in [3.8, 4) is 0 Å². The number of allylic oxidation sites excluding steroid dienone is 1. The van der Waals surface area contributed by atoms with Gasteiger partial charge in [0.1, 0.15) is 37.3 Å². The fourth-order valence-corrected chi connectivity index (χ4v) is 6.16. The average Bonchev–Trinajstić information content (AvgIpc) is 3.33. The van der Waals surface area contributed by atoms with Gasteiger partial charge in [-0.3, -0.25) is 43.3 Å². The second-order valence-corrected chi connectivity index (χ2v) is 12.6. The maximum absolute atomic E-state index is 13.1.